The van der Waals surface area contributed by atoms with Crippen LogP contribution < -0.4 is 21.1 Å². The molecule has 0 heterocycles. The Labute approximate surface area is 125 Å². The Morgan fingerprint density at radius 2 is 2.00 bits per heavy atom. The van der Waals surface area contributed by atoms with Crippen molar-refractivity contribution in [1.29, 1.82) is 0 Å². The second-order valence-corrected chi connectivity index (χ2v) is 4.90. The monoisotopic (exact) mass is 293 g/mol. The average Bonchev–Trinajstić information content (AvgIpc) is 2.49. The summed E-state index contributed by atoms with van der Waals surface area (Å²) < 4.78 is 5.23. The largest absolute Gasteiger partial charge is 0.496 e. The summed E-state index contributed by atoms with van der Waals surface area (Å²) in [6, 6.07) is 6.10. The molecular weight excluding hydrogens is 270 g/mol. The molecule has 1 aromatic rings. The Kier molecular flexibility index (Phi) is 6.52. The Morgan fingerprint density at radius 3 is 2.57 bits per heavy atom. The molecule has 21 heavy (non-hydrogen) atoms. The van der Waals surface area contributed by atoms with Crippen LogP contribution in [0.25, 0.3) is 0 Å². The van der Waals surface area contributed by atoms with E-state index in [4.69, 9.17) is 10.5 Å². The van der Waals surface area contributed by atoms with Crippen LogP contribution in [0.1, 0.15) is 25.8 Å². The quantitative estimate of drug-likeness (QED) is 0.709. The highest BCUT2D eigenvalue weighted by atomic mass is 16.5. The summed E-state index contributed by atoms with van der Waals surface area (Å²) >= 11 is 0. The van der Waals surface area contributed by atoms with Crippen molar-refractivity contribution in [1.82, 2.24) is 10.6 Å². The molecule has 3 amide bonds. The molecule has 6 heteroatoms. The van der Waals surface area contributed by atoms with Crippen molar-refractivity contribution in [3.05, 3.63) is 29.8 Å². The van der Waals surface area contributed by atoms with Crippen LogP contribution in [-0.4, -0.2) is 25.1 Å². The van der Waals surface area contributed by atoms with Crippen molar-refractivity contribution in [3.8, 4) is 5.75 Å². The summed E-state index contributed by atoms with van der Waals surface area (Å²) in [5.74, 6) is 0.449. The average molecular weight is 293 g/mol. The topological polar surface area (TPSA) is 93.5 Å². The van der Waals surface area contributed by atoms with Crippen LogP contribution in [0.4, 0.5) is 4.79 Å². The summed E-state index contributed by atoms with van der Waals surface area (Å²) in [7, 11) is 1.58. The number of benzene rings is 1. The molecular formula is C15H23N3O3. The van der Waals surface area contributed by atoms with Crippen molar-refractivity contribution < 1.29 is 14.3 Å². The van der Waals surface area contributed by atoms with E-state index in [9.17, 15) is 9.59 Å². The molecule has 4 N–H and O–H groups in total. The molecule has 1 rings (SSSR count). The summed E-state index contributed by atoms with van der Waals surface area (Å²) in [4.78, 5) is 23.3. The van der Waals surface area contributed by atoms with E-state index in [2.05, 4.69) is 10.6 Å². The third-order valence-corrected chi connectivity index (χ3v) is 3.44. The first-order valence-electron chi connectivity index (χ1n) is 6.95. The van der Waals surface area contributed by atoms with E-state index >= 15 is 0 Å². The third-order valence-electron chi connectivity index (χ3n) is 3.44. The minimum atomic E-state index is -0.701. The molecule has 2 atom stereocenters. The van der Waals surface area contributed by atoms with Gasteiger partial charge in [0.2, 0.25) is 5.91 Å². The minimum Gasteiger partial charge on any atom is -0.496 e. The SMILES string of the molecule is CC[C@@H](C)[C@@H](NC(N)=O)C(=O)NCc1ccccc1OC. The minimum absolute atomic E-state index is 0.00447. The highest BCUT2D eigenvalue weighted by molar-refractivity contribution is 5.86. The van der Waals surface area contributed by atoms with Gasteiger partial charge in [-0.1, -0.05) is 38.5 Å². The van der Waals surface area contributed by atoms with Gasteiger partial charge in [-0.25, -0.2) is 4.79 Å². The number of hydrogen-bond donors (Lipinski definition) is 3. The van der Waals surface area contributed by atoms with Crippen LogP contribution in [0.15, 0.2) is 24.3 Å². The molecule has 6 nitrogen and oxygen atoms in total. The van der Waals surface area contributed by atoms with E-state index in [0.29, 0.717) is 12.3 Å². The summed E-state index contributed by atoms with van der Waals surface area (Å²) in [6.07, 6.45) is 0.757. The Bertz CT molecular complexity index is 491. The van der Waals surface area contributed by atoms with Crippen LogP contribution in [0.3, 0.4) is 0 Å². The van der Waals surface area contributed by atoms with Gasteiger partial charge in [0, 0.05) is 12.1 Å². The van der Waals surface area contributed by atoms with E-state index in [1.807, 2.05) is 38.1 Å². The van der Waals surface area contributed by atoms with E-state index in [0.717, 1.165) is 12.0 Å². The molecule has 116 valence electrons. The van der Waals surface area contributed by atoms with Gasteiger partial charge in [-0.2, -0.15) is 0 Å². The number of amides is 3. The molecule has 0 aliphatic heterocycles. The molecule has 0 saturated carbocycles. The number of methoxy groups -OCH3 is 1. The van der Waals surface area contributed by atoms with Gasteiger partial charge in [0.1, 0.15) is 11.8 Å². The Morgan fingerprint density at radius 1 is 1.33 bits per heavy atom. The number of hydrogen-bond acceptors (Lipinski definition) is 3. The van der Waals surface area contributed by atoms with Crippen molar-refractivity contribution in [2.45, 2.75) is 32.9 Å². The van der Waals surface area contributed by atoms with Gasteiger partial charge < -0.3 is 21.1 Å². The van der Waals surface area contributed by atoms with Crippen molar-refractivity contribution in [2.75, 3.05) is 7.11 Å². The van der Waals surface area contributed by atoms with Crippen LogP contribution in [-0.2, 0) is 11.3 Å². The van der Waals surface area contributed by atoms with E-state index in [-0.39, 0.29) is 11.8 Å². The molecule has 0 aliphatic carbocycles. The maximum Gasteiger partial charge on any atom is 0.312 e. The number of carbonyl (C=O) groups excluding carboxylic acids is 2. The number of rotatable bonds is 7. The second kappa shape index (κ2) is 8.14. The first-order chi connectivity index (χ1) is 9.99. The molecule has 0 aromatic heterocycles. The van der Waals surface area contributed by atoms with Crippen LogP contribution in [0.2, 0.25) is 0 Å². The molecule has 0 fully saturated rings. The number of nitrogens with one attached hydrogen (secondary N) is 2. The smallest absolute Gasteiger partial charge is 0.312 e. The van der Waals surface area contributed by atoms with Gasteiger partial charge in [0.05, 0.1) is 7.11 Å². The predicted octanol–water partition coefficient (Wildman–Crippen LogP) is 1.39. The number of ether oxygens (including phenoxy) is 1. The maximum absolute atomic E-state index is 12.2. The Hall–Kier alpha value is -2.24. The fourth-order valence-electron chi connectivity index (χ4n) is 2.00. The molecule has 1 aromatic carbocycles. The number of nitrogens with two attached hydrogens (primary N) is 1. The first-order valence-corrected chi connectivity index (χ1v) is 6.95. The third kappa shape index (κ3) is 4.98. The van der Waals surface area contributed by atoms with Crippen molar-refractivity contribution in [3.63, 3.8) is 0 Å². The van der Waals surface area contributed by atoms with E-state index in [1.165, 1.54) is 0 Å². The van der Waals surface area contributed by atoms with Gasteiger partial charge in [-0.15, -0.1) is 0 Å². The van der Waals surface area contributed by atoms with Gasteiger partial charge in [-0.3, -0.25) is 4.79 Å². The van der Waals surface area contributed by atoms with E-state index < -0.39 is 12.1 Å². The van der Waals surface area contributed by atoms with Crippen LogP contribution >= 0.6 is 0 Å². The predicted molar refractivity (Wildman–Crippen MR) is 80.8 cm³/mol. The van der Waals surface area contributed by atoms with Crippen molar-refractivity contribution >= 4 is 11.9 Å². The zero-order valence-corrected chi connectivity index (χ0v) is 12.7. The molecule has 0 spiro atoms. The zero-order chi connectivity index (χ0) is 15.8. The fraction of sp³-hybridized carbons (Fsp3) is 0.467. The van der Waals surface area contributed by atoms with Gasteiger partial charge in [-0.05, 0) is 12.0 Å². The van der Waals surface area contributed by atoms with Crippen LogP contribution in [0, 0.1) is 5.92 Å². The molecule has 0 radical (unpaired) electrons. The lowest BCUT2D eigenvalue weighted by Crippen LogP contribution is -2.51. The van der Waals surface area contributed by atoms with Crippen molar-refractivity contribution in [2.24, 2.45) is 11.7 Å². The molecule has 0 unspecified atom stereocenters. The second-order valence-electron chi connectivity index (χ2n) is 4.90. The number of carbonyl (C=O) groups is 2. The number of urea groups is 1. The van der Waals surface area contributed by atoms with Gasteiger partial charge in [0.25, 0.3) is 0 Å². The Balaban J connectivity index is 2.71. The molecule has 0 aliphatic rings. The van der Waals surface area contributed by atoms with Gasteiger partial charge >= 0.3 is 6.03 Å². The summed E-state index contributed by atoms with van der Waals surface area (Å²) in [5, 5.41) is 5.30. The number of primary amides is 1. The fourth-order valence-corrected chi connectivity index (χ4v) is 2.00. The van der Waals surface area contributed by atoms with Gasteiger partial charge in [0.15, 0.2) is 0 Å². The normalized spacial score (nSPS) is 13.1. The summed E-state index contributed by atoms with van der Waals surface area (Å²) in [5.41, 5.74) is 6.00. The summed E-state index contributed by atoms with van der Waals surface area (Å²) in [6.45, 7) is 4.17. The highest BCUT2D eigenvalue weighted by Crippen LogP contribution is 2.17. The lowest BCUT2D eigenvalue weighted by molar-refractivity contribution is -0.124. The first kappa shape index (κ1) is 16.8. The molecule has 0 bridgehead atoms. The molecule has 0 saturated heterocycles. The lowest BCUT2D eigenvalue weighted by atomic mass is 9.98. The van der Waals surface area contributed by atoms with E-state index in [1.54, 1.807) is 7.11 Å². The highest BCUT2D eigenvalue weighted by Gasteiger charge is 2.24. The number of para-hydroxylation sites is 1. The zero-order valence-electron chi connectivity index (χ0n) is 12.7. The van der Waals surface area contributed by atoms with Crippen LogP contribution in [0.5, 0.6) is 5.75 Å². The standard InChI is InChI=1S/C15H23N3O3/c1-4-10(2)13(18-15(16)20)14(19)17-9-11-7-5-6-8-12(11)21-3/h5-8,10,13H,4,9H2,1-3H3,(H,17,19)(H3,16,18,20)/t10-,13-/m1/s1. The lowest BCUT2D eigenvalue weighted by Gasteiger charge is -2.22. The maximum atomic E-state index is 12.2.